The Morgan fingerprint density at radius 1 is 0.328 bits per heavy atom. The number of carbonyl (C=O) groups excluding carboxylic acids is 3. The predicted molar refractivity (Wildman–Crippen MR) is 261 cm³/mol. The summed E-state index contributed by atoms with van der Waals surface area (Å²) in [5, 5.41) is 0. The fourth-order valence-electron chi connectivity index (χ4n) is 7.37. The molecule has 0 aliphatic rings. The SMILES string of the molecule is CCCCC/C=C\C/C=C\C/C=C\C/C=C\CCCCCC(=O)OC(COC(=O)CCCCCCCCCCCCCC)COC(=O)CCCCCCCCCCCCCC. The second-order valence-electron chi connectivity index (χ2n) is 17.4. The number of rotatable bonds is 47. The van der Waals surface area contributed by atoms with Crippen molar-refractivity contribution in [1.29, 1.82) is 0 Å². The number of unbranched alkanes of at least 4 members (excludes halogenated alkanes) is 28. The van der Waals surface area contributed by atoms with E-state index in [2.05, 4.69) is 69.4 Å². The first kappa shape index (κ1) is 58.4. The Balaban J connectivity index is 4.41. The second kappa shape index (κ2) is 50.0. The zero-order valence-electron chi connectivity index (χ0n) is 40.4. The van der Waals surface area contributed by atoms with Crippen molar-refractivity contribution in [2.24, 2.45) is 0 Å². The number of allylic oxidation sites excluding steroid dienone is 8. The van der Waals surface area contributed by atoms with Crippen molar-refractivity contribution in [3.05, 3.63) is 48.6 Å². The van der Waals surface area contributed by atoms with Gasteiger partial charge in [-0.3, -0.25) is 14.4 Å². The van der Waals surface area contributed by atoms with Crippen molar-refractivity contribution < 1.29 is 28.6 Å². The molecule has 6 heteroatoms. The van der Waals surface area contributed by atoms with Gasteiger partial charge in [-0.05, 0) is 64.2 Å². The molecule has 0 amide bonds. The van der Waals surface area contributed by atoms with Gasteiger partial charge in [0, 0.05) is 19.3 Å². The van der Waals surface area contributed by atoms with Crippen LogP contribution in [0.3, 0.4) is 0 Å². The molecule has 0 fully saturated rings. The zero-order chi connectivity index (χ0) is 44.4. The lowest BCUT2D eigenvalue weighted by Gasteiger charge is -2.18. The Hall–Kier alpha value is -2.63. The first-order chi connectivity index (χ1) is 30.0. The van der Waals surface area contributed by atoms with Gasteiger partial charge in [-0.15, -0.1) is 0 Å². The predicted octanol–water partition coefficient (Wildman–Crippen LogP) is 17.1. The maximum absolute atomic E-state index is 12.8. The number of esters is 3. The summed E-state index contributed by atoms with van der Waals surface area (Å²) in [6, 6.07) is 0. The van der Waals surface area contributed by atoms with E-state index >= 15 is 0 Å². The molecule has 0 heterocycles. The van der Waals surface area contributed by atoms with Gasteiger partial charge in [0.05, 0.1) is 0 Å². The third-order valence-corrected chi connectivity index (χ3v) is 11.3. The van der Waals surface area contributed by atoms with Crippen LogP contribution in [0, 0.1) is 0 Å². The molecule has 0 radical (unpaired) electrons. The minimum Gasteiger partial charge on any atom is -0.462 e. The number of carbonyl (C=O) groups is 3. The molecule has 354 valence electrons. The van der Waals surface area contributed by atoms with Crippen LogP contribution in [0.25, 0.3) is 0 Å². The molecule has 0 atom stereocenters. The normalized spacial score (nSPS) is 11.9. The van der Waals surface area contributed by atoms with Crippen LogP contribution < -0.4 is 0 Å². The van der Waals surface area contributed by atoms with Crippen LogP contribution in [0.1, 0.15) is 265 Å². The van der Waals surface area contributed by atoms with Crippen LogP contribution in [0.2, 0.25) is 0 Å². The average molecular weight is 855 g/mol. The Morgan fingerprint density at radius 3 is 0.951 bits per heavy atom. The largest absolute Gasteiger partial charge is 0.462 e. The molecule has 6 nitrogen and oxygen atoms in total. The van der Waals surface area contributed by atoms with Gasteiger partial charge in [0.1, 0.15) is 13.2 Å². The minimum atomic E-state index is -0.784. The molecule has 0 saturated carbocycles. The van der Waals surface area contributed by atoms with Gasteiger partial charge >= 0.3 is 17.9 Å². The van der Waals surface area contributed by atoms with Crippen molar-refractivity contribution in [1.82, 2.24) is 0 Å². The van der Waals surface area contributed by atoms with Crippen molar-refractivity contribution in [3.63, 3.8) is 0 Å². The van der Waals surface area contributed by atoms with E-state index < -0.39 is 6.10 Å². The number of hydrogen-bond donors (Lipinski definition) is 0. The summed E-state index contributed by atoms with van der Waals surface area (Å²) in [7, 11) is 0. The summed E-state index contributed by atoms with van der Waals surface area (Å²) in [6.45, 7) is 6.59. The van der Waals surface area contributed by atoms with E-state index in [9.17, 15) is 14.4 Å². The molecule has 0 rings (SSSR count). The molecule has 61 heavy (non-hydrogen) atoms. The molecule has 0 aromatic carbocycles. The highest BCUT2D eigenvalue weighted by molar-refractivity contribution is 5.71. The lowest BCUT2D eigenvalue weighted by molar-refractivity contribution is -0.167. The maximum atomic E-state index is 12.8. The van der Waals surface area contributed by atoms with E-state index in [0.717, 1.165) is 83.5 Å². The fourth-order valence-corrected chi connectivity index (χ4v) is 7.37. The van der Waals surface area contributed by atoms with Crippen molar-refractivity contribution in [2.75, 3.05) is 13.2 Å². The van der Waals surface area contributed by atoms with Gasteiger partial charge < -0.3 is 14.2 Å². The van der Waals surface area contributed by atoms with E-state index in [1.165, 1.54) is 141 Å². The Morgan fingerprint density at radius 2 is 0.590 bits per heavy atom. The van der Waals surface area contributed by atoms with Crippen LogP contribution in [-0.2, 0) is 28.6 Å². The zero-order valence-corrected chi connectivity index (χ0v) is 40.4. The van der Waals surface area contributed by atoms with E-state index in [1.54, 1.807) is 0 Å². The van der Waals surface area contributed by atoms with Crippen LogP contribution in [0.5, 0.6) is 0 Å². The lowest BCUT2D eigenvalue weighted by atomic mass is 10.0. The fraction of sp³-hybridized carbons (Fsp3) is 0.800. The Labute approximate surface area is 378 Å². The van der Waals surface area contributed by atoms with Crippen LogP contribution in [0.15, 0.2) is 48.6 Å². The summed E-state index contributed by atoms with van der Waals surface area (Å²) >= 11 is 0. The van der Waals surface area contributed by atoms with Crippen LogP contribution >= 0.6 is 0 Å². The van der Waals surface area contributed by atoms with Crippen molar-refractivity contribution >= 4 is 17.9 Å². The van der Waals surface area contributed by atoms with Gasteiger partial charge in [0.15, 0.2) is 6.10 Å². The summed E-state index contributed by atoms with van der Waals surface area (Å²) < 4.78 is 16.8. The lowest BCUT2D eigenvalue weighted by Crippen LogP contribution is -2.30. The van der Waals surface area contributed by atoms with E-state index in [4.69, 9.17) is 14.2 Å². The molecular formula is C55H98O6. The van der Waals surface area contributed by atoms with E-state index in [1.807, 2.05) is 0 Å². The maximum Gasteiger partial charge on any atom is 0.306 e. The molecule has 0 aliphatic carbocycles. The Bertz CT molecular complexity index is 1030. The third kappa shape index (κ3) is 48.3. The average Bonchev–Trinajstić information content (AvgIpc) is 3.26. The molecule has 0 N–H and O–H groups in total. The van der Waals surface area contributed by atoms with Gasteiger partial charge in [0.2, 0.25) is 0 Å². The summed E-state index contributed by atoms with van der Waals surface area (Å²) in [5.74, 6) is -0.905. The molecule has 0 spiro atoms. The molecule has 0 bridgehead atoms. The number of hydrogen-bond acceptors (Lipinski definition) is 6. The van der Waals surface area contributed by atoms with Crippen LogP contribution in [0.4, 0.5) is 0 Å². The smallest absolute Gasteiger partial charge is 0.306 e. The quantitative estimate of drug-likeness (QED) is 0.0263. The molecule has 0 unspecified atom stereocenters. The first-order valence-electron chi connectivity index (χ1n) is 26.1. The highest BCUT2D eigenvalue weighted by Gasteiger charge is 2.19. The van der Waals surface area contributed by atoms with E-state index in [0.29, 0.717) is 19.3 Å². The monoisotopic (exact) mass is 855 g/mol. The van der Waals surface area contributed by atoms with Gasteiger partial charge in [-0.1, -0.05) is 230 Å². The Kier molecular flexibility index (Phi) is 47.9. The molecule has 0 aromatic rings. The third-order valence-electron chi connectivity index (χ3n) is 11.3. The van der Waals surface area contributed by atoms with Gasteiger partial charge in [0.25, 0.3) is 0 Å². The summed E-state index contributed by atoms with van der Waals surface area (Å²) in [4.78, 5) is 37.9. The molecule has 0 aliphatic heterocycles. The van der Waals surface area contributed by atoms with Crippen molar-refractivity contribution in [3.8, 4) is 0 Å². The molecule has 0 saturated heterocycles. The number of ether oxygens (including phenoxy) is 3. The summed E-state index contributed by atoms with van der Waals surface area (Å²) in [5.41, 5.74) is 0. The molecule has 0 aromatic heterocycles. The highest BCUT2D eigenvalue weighted by Crippen LogP contribution is 2.15. The summed E-state index contributed by atoms with van der Waals surface area (Å²) in [6.07, 6.45) is 59.5. The highest BCUT2D eigenvalue weighted by atomic mass is 16.6. The van der Waals surface area contributed by atoms with Gasteiger partial charge in [-0.2, -0.15) is 0 Å². The first-order valence-corrected chi connectivity index (χ1v) is 26.1. The standard InChI is InChI=1S/C55H98O6/c1-4-7-10-13-16-19-22-25-26-27-28-29-30-31-34-37-40-43-46-49-55(58)61-52(50-59-53(56)47-44-41-38-35-32-23-20-17-14-11-8-5-2)51-60-54(57)48-45-42-39-36-33-24-21-18-15-12-9-6-3/h16,19,25-26,28-29,31,34,52H,4-15,17-18,20-24,27,30,32-33,35-51H2,1-3H3/b19-16-,26-25-,29-28-,34-31-. The second-order valence-corrected chi connectivity index (χ2v) is 17.4. The van der Waals surface area contributed by atoms with Gasteiger partial charge in [-0.25, -0.2) is 0 Å². The van der Waals surface area contributed by atoms with E-state index in [-0.39, 0.29) is 31.1 Å². The van der Waals surface area contributed by atoms with Crippen LogP contribution in [-0.4, -0.2) is 37.2 Å². The minimum absolute atomic E-state index is 0.0826. The molecular weight excluding hydrogens is 757 g/mol. The van der Waals surface area contributed by atoms with Crippen molar-refractivity contribution in [2.45, 2.75) is 271 Å². The topological polar surface area (TPSA) is 78.9 Å².